The van der Waals surface area contributed by atoms with Gasteiger partial charge in [0.25, 0.3) is 0 Å². The molecule has 0 aliphatic heterocycles. The molecule has 0 heterocycles. The zero-order valence-electron chi connectivity index (χ0n) is 29.8. The second-order valence-corrected chi connectivity index (χ2v) is 13.4. The number of nitrogens with zero attached hydrogens (tertiary/aromatic N) is 2. The summed E-state index contributed by atoms with van der Waals surface area (Å²) in [7, 11) is 0. The minimum atomic E-state index is 1.10. The summed E-state index contributed by atoms with van der Waals surface area (Å²) in [6, 6.07) is 82.4. The van der Waals surface area contributed by atoms with Gasteiger partial charge in [-0.25, -0.2) is 0 Å². The maximum atomic E-state index is 2.39. The molecule has 9 aromatic rings. The number of fused-ring (bicyclic) bond motifs is 1. The van der Waals surface area contributed by atoms with E-state index in [0.29, 0.717) is 0 Å². The van der Waals surface area contributed by atoms with Gasteiger partial charge in [0.05, 0.1) is 5.69 Å². The fourth-order valence-corrected chi connectivity index (χ4v) is 7.48. The highest BCUT2D eigenvalue weighted by molar-refractivity contribution is 6.08. The second kappa shape index (κ2) is 14.8. The Labute approximate surface area is 317 Å². The van der Waals surface area contributed by atoms with Crippen LogP contribution < -0.4 is 9.80 Å². The molecular formula is C52H38N2. The number of hydrogen-bond donors (Lipinski definition) is 0. The van der Waals surface area contributed by atoms with Crippen LogP contribution in [0, 0.1) is 0 Å². The van der Waals surface area contributed by atoms with Gasteiger partial charge in [-0.3, -0.25) is 0 Å². The maximum absolute atomic E-state index is 2.39. The van der Waals surface area contributed by atoms with Gasteiger partial charge in [-0.15, -0.1) is 0 Å². The number of hydrogen-bond acceptors (Lipinski definition) is 2. The lowest BCUT2D eigenvalue weighted by atomic mass is 9.95. The molecule has 54 heavy (non-hydrogen) atoms. The fourth-order valence-electron chi connectivity index (χ4n) is 7.48. The Kier molecular flexibility index (Phi) is 8.99. The minimum absolute atomic E-state index is 1.10. The fraction of sp³-hybridized carbons (Fsp3) is 0. The summed E-state index contributed by atoms with van der Waals surface area (Å²) in [6.45, 7) is 0. The third-order valence-electron chi connectivity index (χ3n) is 10.0. The lowest BCUT2D eigenvalue weighted by Crippen LogP contribution is -2.11. The van der Waals surface area contributed by atoms with Crippen LogP contribution in [0.1, 0.15) is 0 Å². The van der Waals surface area contributed by atoms with Crippen molar-refractivity contribution in [1.82, 2.24) is 0 Å². The molecule has 0 saturated heterocycles. The summed E-state index contributed by atoms with van der Waals surface area (Å²) < 4.78 is 0. The van der Waals surface area contributed by atoms with Crippen LogP contribution >= 0.6 is 0 Å². The van der Waals surface area contributed by atoms with Crippen molar-refractivity contribution in [3.63, 3.8) is 0 Å². The van der Waals surface area contributed by atoms with E-state index in [0.717, 1.165) is 39.7 Å². The molecule has 0 radical (unpaired) electrons. The van der Waals surface area contributed by atoms with Crippen molar-refractivity contribution in [2.75, 3.05) is 9.80 Å². The molecule has 2 nitrogen and oxygen atoms in total. The number of rotatable bonds is 9. The molecule has 0 bridgehead atoms. The highest BCUT2D eigenvalue weighted by atomic mass is 15.1. The largest absolute Gasteiger partial charge is 0.310 e. The topological polar surface area (TPSA) is 6.48 Å². The van der Waals surface area contributed by atoms with Gasteiger partial charge in [-0.1, -0.05) is 164 Å². The van der Waals surface area contributed by atoms with Gasteiger partial charge in [0.1, 0.15) is 0 Å². The Hall–Kier alpha value is -7.16. The van der Waals surface area contributed by atoms with Crippen molar-refractivity contribution in [1.29, 1.82) is 0 Å². The zero-order valence-corrected chi connectivity index (χ0v) is 29.8. The number of benzene rings is 9. The lowest BCUT2D eigenvalue weighted by molar-refractivity contribution is 1.28. The van der Waals surface area contributed by atoms with Crippen LogP contribution in [0.3, 0.4) is 0 Å². The predicted octanol–water partition coefficient (Wildman–Crippen LogP) is 14.8. The van der Waals surface area contributed by atoms with Gasteiger partial charge in [-0.05, 0) is 105 Å². The first-order valence-corrected chi connectivity index (χ1v) is 18.4. The van der Waals surface area contributed by atoms with Crippen LogP contribution in [0.15, 0.2) is 231 Å². The summed E-state index contributed by atoms with van der Waals surface area (Å²) in [5.74, 6) is 0. The summed E-state index contributed by atoms with van der Waals surface area (Å²) in [5, 5.41) is 2.40. The van der Waals surface area contributed by atoms with E-state index in [1.807, 2.05) is 0 Å². The van der Waals surface area contributed by atoms with Crippen molar-refractivity contribution in [3.05, 3.63) is 231 Å². The molecule has 9 rings (SSSR count). The standard InChI is InChI=1S/C52H38N2/c1-5-17-39(18-6-1)43-23-13-29-48(37-43)53(45-25-9-3-10-26-45)47-35-33-41(34-36-47)50-31-15-21-42-22-16-32-51(52(42)50)54(46-27-11-4-12-28-46)49-30-14-24-44(38-49)40-19-7-2-8-20-40/h1-38H. The maximum Gasteiger partial charge on any atom is 0.0546 e. The van der Waals surface area contributed by atoms with Crippen LogP contribution in [0.25, 0.3) is 44.2 Å². The quantitative estimate of drug-likeness (QED) is 0.149. The first kappa shape index (κ1) is 32.7. The van der Waals surface area contributed by atoms with Crippen LogP contribution in [0.5, 0.6) is 0 Å². The van der Waals surface area contributed by atoms with E-state index >= 15 is 0 Å². The average molecular weight is 691 g/mol. The molecule has 0 fully saturated rings. The molecule has 256 valence electrons. The van der Waals surface area contributed by atoms with Gasteiger partial charge in [0, 0.05) is 33.8 Å². The molecule has 2 heteroatoms. The van der Waals surface area contributed by atoms with Crippen molar-refractivity contribution in [2.45, 2.75) is 0 Å². The molecule has 0 aromatic heterocycles. The van der Waals surface area contributed by atoms with Crippen LogP contribution in [0.4, 0.5) is 34.1 Å². The Morgan fingerprint density at radius 2 is 0.648 bits per heavy atom. The van der Waals surface area contributed by atoms with Crippen molar-refractivity contribution >= 4 is 44.9 Å². The van der Waals surface area contributed by atoms with E-state index < -0.39 is 0 Å². The molecular weight excluding hydrogens is 653 g/mol. The molecule has 0 saturated carbocycles. The lowest BCUT2D eigenvalue weighted by Gasteiger charge is -2.28. The van der Waals surface area contributed by atoms with E-state index in [1.165, 1.54) is 38.6 Å². The third-order valence-corrected chi connectivity index (χ3v) is 10.0. The Bertz CT molecular complexity index is 2630. The Balaban J connectivity index is 1.16. The molecule has 9 aromatic carbocycles. The molecule has 0 aliphatic carbocycles. The average Bonchev–Trinajstić information content (AvgIpc) is 3.26. The van der Waals surface area contributed by atoms with E-state index in [1.54, 1.807) is 0 Å². The van der Waals surface area contributed by atoms with E-state index in [-0.39, 0.29) is 0 Å². The predicted molar refractivity (Wildman–Crippen MR) is 230 cm³/mol. The molecule has 0 atom stereocenters. The van der Waals surface area contributed by atoms with Crippen molar-refractivity contribution < 1.29 is 0 Å². The van der Waals surface area contributed by atoms with E-state index in [4.69, 9.17) is 0 Å². The third kappa shape index (κ3) is 6.53. The van der Waals surface area contributed by atoms with Gasteiger partial charge in [-0.2, -0.15) is 0 Å². The van der Waals surface area contributed by atoms with E-state index in [2.05, 4.69) is 240 Å². The van der Waals surface area contributed by atoms with Gasteiger partial charge < -0.3 is 9.80 Å². The Morgan fingerprint density at radius 1 is 0.241 bits per heavy atom. The van der Waals surface area contributed by atoms with Gasteiger partial charge >= 0.3 is 0 Å². The molecule has 0 aliphatic rings. The highest BCUT2D eigenvalue weighted by Gasteiger charge is 2.19. The van der Waals surface area contributed by atoms with Crippen molar-refractivity contribution in [3.8, 4) is 33.4 Å². The summed E-state index contributed by atoms with van der Waals surface area (Å²) in [4.78, 5) is 4.73. The number of para-hydroxylation sites is 2. The van der Waals surface area contributed by atoms with Crippen molar-refractivity contribution in [2.24, 2.45) is 0 Å². The Morgan fingerprint density at radius 3 is 1.20 bits per heavy atom. The monoisotopic (exact) mass is 690 g/mol. The van der Waals surface area contributed by atoms with Crippen LogP contribution in [0.2, 0.25) is 0 Å². The zero-order chi connectivity index (χ0) is 36.1. The van der Waals surface area contributed by atoms with E-state index in [9.17, 15) is 0 Å². The number of anilines is 6. The minimum Gasteiger partial charge on any atom is -0.310 e. The van der Waals surface area contributed by atoms with Crippen LogP contribution in [-0.4, -0.2) is 0 Å². The summed E-state index contributed by atoms with van der Waals surface area (Å²) in [6.07, 6.45) is 0. The summed E-state index contributed by atoms with van der Waals surface area (Å²) >= 11 is 0. The molecule has 0 N–H and O–H groups in total. The molecule has 0 amide bonds. The smallest absolute Gasteiger partial charge is 0.0546 e. The SMILES string of the molecule is c1ccc(-c2cccc(N(c3ccccc3)c3ccc(-c4cccc5cccc(N(c6ccccc6)c6cccc(-c7ccccc7)c6)c45)cc3)c2)cc1. The molecule has 0 spiro atoms. The van der Waals surface area contributed by atoms with Gasteiger partial charge in [0.15, 0.2) is 0 Å². The van der Waals surface area contributed by atoms with Gasteiger partial charge in [0.2, 0.25) is 0 Å². The van der Waals surface area contributed by atoms with Crippen LogP contribution in [-0.2, 0) is 0 Å². The molecule has 0 unspecified atom stereocenters. The highest BCUT2D eigenvalue weighted by Crippen LogP contribution is 2.44. The first-order chi connectivity index (χ1) is 26.8. The second-order valence-electron chi connectivity index (χ2n) is 13.4. The normalized spacial score (nSPS) is 11.0. The summed E-state index contributed by atoms with van der Waals surface area (Å²) in [5.41, 5.74) is 13.8. The first-order valence-electron chi connectivity index (χ1n) is 18.4.